The summed E-state index contributed by atoms with van der Waals surface area (Å²) in [6.45, 7) is 0. The molecule has 0 bridgehead atoms. The number of nitrogens with one attached hydrogen (secondary N) is 2. The van der Waals surface area contributed by atoms with E-state index in [1.807, 2.05) is 42.5 Å². The predicted octanol–water partition coefficient (Wildman–Crippen LogP) is 5.79. The molecule has 1 unspecified atom stereocenters. The Morgan fingerprint density at radius 1 is 0.829 bits per heavy atom. The van der Waals surface area contributed by atoms with Gasteiger partial charge in [0.15, 0.2) is 5.76 Å². The van der Waals surface area contributed by atoms with Gasteiger partial charge >= 0.3 is 5.97 Å². The first-order chi connectivity index (χ1) is 17.0. The number of amides is 2. The average Bonchev–Trinajstić information content (AvgIpc) is 3.44. The van der Waals surface area contributed by atoms with Crippen LogP contribution in [0.5, 0.6) is 0 Å². The third kappa shape index (κ3) is 5.99. The molecule has 1 atom stereocenters. The van der Waals surface area contributed by atoms with Crippen LogP contribution in [0, 0.1) is 0 Å². The Morgan fingerprint density at radius 3 is 2.23 bits per heavy atom. The minimum absolute atomic E-state index is 0.219. The number of esters is 1. The molecule has 8 heteroatoms. The number of carbonyl (C=O) groups is 3. The number of benzene rings is 3. The van der Waals surface area contributed by atoms with Crippen molar-refractivity contribution in [3.63, 3.8) is 0 Å². The van der Waals surface area contributed by atoms with Gasteiger partial charge in [0.25, 0.3) is 5.91 Å². The van der Waals surface area contributed by atoms with E-state index in [0.717, 1.165) is 10.5 Å². The Kier molecular flexibility index (Phi) is 7.64. The van der Waals surface area contributed by atoms with Gasteiger partial charge in [-0.2, -0.15) is 0 Å². The molecule has 0 aliphatic rings. The third-order valence-electron chi connectivity index (χ3n) is 5.04. The number of carbonyl (C=O) groups excluding carboxylic acids is 3. The zero-order chi connectivity index (χ0) is 24.6. The molecule has 2 N–H and O–H groups in total. The first kappa shape index (κ1) is 23.8. The number of hydrogen-bond donors (Lipinski definition) is 2. The molecule has 4 aromatic rings. The number of ether oxygens (including phenoxy) is 1. The van der Waals surface area contributed by atoms with E-state index in [-0.39, 0.29) is 23.1 Å². The van der Waals surface area contributed by atoms with Crippen molar-refractivity contribution in [3.8, 4) is 0 Å². The SMILES string of the molecule is COC(=O)c1ccccc1NC(=O)C(Sc1ccc(NC(=O)c2ccco2)cc1)c1ccccc1. The van der Waals surface area contributed by atoms with E-state index in [4.69, 9.17) is 9.15 Å². The molecule has 0 saturated heterocycles. The zero-order valence-electron chi connectivity index (χ0n) is 18.8. The topological polar surface area (TPSA) is 97.6 Å². The van der Waals surface area contributed by atoms with Crippen molar-refractivity contribution in [2.75, 3.05) is 17.7 Å². The number of thioether (sulfide) groups is 1. The second-order valence-electron chi connectivity index (χ2n) is 7.39. The molecule has 1 heterocycles. The quantitative estimate of drug-likeness (QED) is 0.242. The Hall–Kier alpha value is -4.30. The molecule has 0 fully saturated rings. The van der Waals surface area contributed by atoms with E-state index in [1.54, 1.807) is 48.5 Å². The van der Waals surface area contributed by atoms with Crippen molar-refractivity contribution in [2.24, 2.45) is 0 Å². The molecule has 2 amide bonds. The summed E-state index contributed by atoms with van der Waals surface area (Å²) >= 11 is 1.36. The van der Waals surface area contributed by atoms with Gasteiger partial charge in [-0.1, -0.05) is 42.5 Å². The van der Waals surface area contributed by atoms with Crippen LogP contribution in [0.3, 0.4) is 0 Å². The van der Waals surface area contributed by atoms with Gasteiger partial charge in [-0.15, -0.1) is 11.8 Å². The fraction of sp³-hybridized carbons (Fsp3) is 0.0741. The molecule has 0 saturated carbocycles. The monoisotopic (exact) mass is 486 g/mol. The third-order valence-corrected chi connectivity index (χ3v) is 6.31. The maximum atomic E-state index is 13.4. The molecule has 0 aliphatic carbocycles. The fourth-order valence-corrected chi connectivity index (χ4v) is 4.36. The molecule has 1 aromatic heterocycles. The van der Waals surface area contributed by atoms with Gasteiger partial charge in [0.2, 0.25) is 5.91 Å². The van der Waals surface area contributed by atoms with E-state index in [9.17, 15) is 14.4 Å². The van der Waals surface area contributed by atoms with Crippen molar-refractivity contribution in [1.82, 2.24) is 0 Å². The number of rotatable bonds is 8. The summed E-state index contributed by atoms with van der Waals surface area (Å²) in [5.41, 5.74) is 2.06. The molecule has 176 valence electrons. The van der Waals surface area contributed by atoms with Crippen molar-refractivity contribution in [1.29, 1.82) is 0 Å². The summed E-state index contributed by atoms with van der Waals surface area (Å²) in [5, 5.41) is 5.05. The molecule has 3 aromatic carbocycles. The van der Waals surface area contributed by atoms with E-state index >= 15 is 0 Å². The number of furan rings is 1. The highest BCUT2D eigenvalue weighted by molar-refractivity contribution is 8.00. The van der Waals surface area contributed by atoms with Crippen LogP contribution in [0.4, 0.5) is 11.4 Å². The van der Waals surface area contributed by atoms with Crippen LogP contribution in [-0.4, -0.2) is 24.9 Å². The second-order valence-corrected chi connectivity index (χ2v) is 8.57. The smallest absolute Gasteiger partial charge is 0.339 e. The van der Waals surface area contributed by atoms with Gasteiger partial charge in [0.1, 0.15) is 5.25 Å². The summed E-state index contributed by atoms with van der Waals surface area (Å²) in [4.78, 5) is 38.5. The Bertz CT molecular complexity index is 1310. The van der Waals surface area contributed by atoms with Gasteiger partial charge in [-0.3, -0.25) is 9.59 Å². The van der Waals surface area contributed by atoms with Crippen LogP contribution in [-0.2, 0) is 9.53 Å². The van der Waals surface area contributed by atoms with Crippen molar-refractivity contribution < 1.29 is 23.5 Å². The maximum absolute atomic E-state index is 13.4. The standard InChI is InChI=1S/C27H22N2O5S/c1-33-27(32)21-10-5-6-11-22(21)29-26(31)24(18-8-3-2-4-9-18)35-20-15-13-19(14-16-20)28-25(30)23-12-7-17-34-23/h2-17,24H,1H3,(H,28,30)(H,29,31). The molecular weight excluding hydrogens is 464 g/mol. The highest BCUT2D eigenvalue weighted by atomic mass is 32.2. The van der Waals surface area contributed by atoms with E-state index in [2.05, 4.69) is 10.6 Å². The van der Waals surface area contributed by atoms with Gasteiger partial charge in [0.05, 0.1) is 24.6 Å². The van der Waals surface area contributed by atoms with Crippen molar-refractivity contribution in [3.05, 3.63) is 114 Å². The van der Waals surface area contributed by atoms with E-state index in [0.29, 0.717) is 11.4 Å². The predicted molar refractivity (Wildman–Crippen MR) is 135 cm³/mol. The van der Waals surface area contributed by atoms with Crippen molar-refractivity contribution >= 4 is 40.9 Å². The van der Waals surface area contributed by atoms with E-state index in [1.165, 1.54) is 25.1 Å². The summed E-state index contributed by atoms with van der Waals surface area (Å²) in [6, 6.07) is 26.5. The Labute approximate surface area is 206 Å². The molecular formula is C27H22N2O5S. The van der Waals surface area contributed by atoms with Gasteiger partial charge in [-0.05, 0) is 54.1 Å². The first-order valence-electron chi connectivity index (χ1n) is 10.7. The lowest BCUT2D eigenvalue weighted by Gasteiger charge is -2.18. The fourth-order valence-electron chi connectivity index (χ4n) is 3.33. The number of para-hydroxylation sites is 1. The molecule has 7 nitrogen and oxygen atoms in total. The number of anilines is 2. The molecule has 0 radical (unpaired) electrons. The largest absolute Gasteiger partial charge is 0.465 e. The highest BCUT2D eigenvalue weighted by Gasteiger charge is 2.24. The minimum Gasteiger partial charge on any atom is -0.465 e. The maximum Gasteiger partial charge on any atom is 0.339 e. The van der Waals surface area contributed by atoms with Crippen LogP contribution in [0.1, 0.15) is 31.7 Å². The summed E-state index contributed by atoms with van der Waals surface area (Å²) in [6.07, 6.45) is 1.44. The summed E-state index contributed by atoms with van der Waals surface area (Å²) in [7, 11) is 1.30. The zero-order valence-corrected chi connectivity index (χ0v) is 19.6. The average molecular weight is 487 g/mol. The van der Waals surface area contributed by atoms with Crippen LogP contribution in [0.15, 0.2) is 107 Å². The van der Waals surface area contributed by atoms with Crippen LogP contribution < -0.4 is 10.6 Å². The molecule has 0 aliphatic heterocycles. The first-order valence-corrected chi connectivity index (χ1v) is 11.6. The van der Waals surface area contributed by atoms with Crippen molar-refractivity contribution in [2.45, 2.75) is 10.1 Å². The van der Waals surface area contributed by atoms with Gasteiger partial charge in [-0.25, -0.2) is 4.79 Å². The lowest BCUT2D eigenvalue weighted by atomic mass is 10.1. The Morgan fingerprint density at radius 2 is 1.54 bits per heavy atom. The highest BCUT2D eigenvalue weighted by Crippen LogP contribution is 2.37. The Balaban J connectivity index is 1.53. The lowest BCUT2D eigenvalue weighted by Crippen LogP contribution is -2.20. The van der Waals surface area contributed by atoms with Crippen LogP contribution >= 0.6 is 11.8 Å². The van der Waals surface area contributed by atoms with Crippen LogP contribution in [0.25, 0.3) is 0 Å². The van der Waals surface area contributed by atoms with Gasteiger partial charge in [0, 0.05) is 10.6 Å². The van der Waals surface area contributed by atoms with Crippen LogP contribution in [0.2, 0.25) is 0 Å². The summed E-state index contributed by atoms with van der Waals surface area (Å²) in [5.74, 6) is -0.942. The number of methoxy groups -OCH3 is 1. The second kappa shape index (κ2) is 11.2. The molecule has 35 heavy (non-hydrogen) atoms. The normalized spacial score (nSPS) is 11.3. The summed E-state index contributed by atoms with van der Waals surface area (Å²) < 4.78 is 9.94. The molecule has 0 spiro atoms. The molecule has 4 rings (SSSR count). The van der Waals surface area contributed by atoms with E-state index < -0.39 is 11.2 Å². The van der Waals surface area contributed by atoms with Gasteiger partial charge < -0.3 is 19.8 Å². The number of hydrogen-bond acceptors (Lipinski definition) is 6. The lowest BCUT2D eigenvalue weighted by molar-refractivity contribution is -0.115. The minimum atomic E-state index is -0.592.